The van der Waals surface area contributed by atoms with Gasteiger partial charge in [0.15, 0.2) is 0 Å². The minimum atomic E-state index is -0.593. The fourth-order valence-corrected chi connectivity index (χ4v) is 2.14. The van der Waals surface area contributed by atoms with E-state index < -0.39 is 11.4 Å². The fourth-order valence-electron chi connectivity index (χ4n) is 2.14. The molecular weight excluding hydrogens is 273 g/mol. The van der Waals surface area contributed by atoms with E-state index in [-0.39, 0.29) is 11.1 Å². The van der Waals surface area contributed by atoms with Gasteiger partial charge < -0.3 is 10.5 Å². The average Bonchev–Trinajstić information content (AvgIpc) is 2.46. The van der Waals surface area contributed by atoms with Crippen molar-refractivity contribution in [1.29, 1.82) is 0 Å². The van der Waals surface area contributed by atoms with Crippen LogP contribution in [0, 0.1) is 12.7 Å². The number of hydrogen-bond acceptors (Lipinski definition) is 4. The molecule has 1 aromatic carbocycles. The van der Waals surface area contributed by atoms with Crippen LogP contribution in [0.1, 0.15) is 5.56 Å². The van der Waals surface area contributed by atoms with Gasteiger partial charge in [0.05, 0.1) is 23.0 Å². The van der Waals surface area contributed by atoms with Crippen molar-refractivity contribution in [2.24, 2.45) is 0 Å². The van der Waals surface area contributed by atoms with Gasteiger partial charge in [0.1, 0.15) is 5.82 Å². The number of rotatable bonds is 2. The van der Waals surface area contributed by atoms with Gasteiger partial charge in [-0.1, -0.05) is 6.07 Å². The van der Waals surface area contributed by atoms with Crippen molar-refractivity contribution in [3.8, 4) is 0 Å². The Labute approximate surface area is 119 Å². The van der Waals surface area contributed by atoms with Gasteiger partial charge in [0.25, 0.3) is 5.56 Å². The summed E-state index contributed by atoms with van der Waals surface area (Å²) in [5, 5.41) is 13.1. The average molecular weight is 285 g/mol. The van der Waals surface area contributed by atoms with Crippen LogP contribution in [0.4, 0.5) is 15.8 Å². The lowest BCUT2D eigenvalue weighted by molar-refractivity contribution is 0.176. The molecule has 0 spiro atoms. The van der Waals surface area contributed by atoms with Gasteiger partial charge in [-0.3, -0.25) is 9.78 Å². The van der Waals surface area contributed by atoms with E-state index in [0.717, 1.165) is 5.56 Å². The molecule has 0 aliphatic heterocycles. The molecule has 2 N–H and O–H groups in total. The molecule has 3 aromatic rings. The highest BCUT2D eigenvalue weighted by molar-refractivity contribution is 5.93. The molecule has 0 bridgehead atoms. The summed E-state index contributed by atoms with van der Waals surface area (Å²) in [5.41, 5.74) is 0.781. The molecule has 3 rings (SSSR count). The molecule has 0 aliphatic rings. The zero-order valence-corrected chi connectivity index (χ0v) is 11.2. The number of benzene rings is 1. The summed E-state index contributed by atoms with van der Waals surface area (Å²) in [6.07, 6.45) is 4.17. The predicted octanol–water partition coefficient (Wildman–Crippen LogP) is 2.82. The maximum absolute atomic E-state index is 13.9. The summed E-state index contributed by atoms with van der Waals surface area (Å²) in [6, 6.07) is 6.30. The molecule has 0 fully saturated rings. The van der Waals surface area contributed by atoms with Gasteiger partial charge in [0, 0.05) is 17.8 Å². The summed E-state index contributed by atoms with van der Waals surface area (Å²) < 4.78 is 14.4. The van der Waals surface area contributed by atoms with E-state index >= 15 is 0 Å². The van der Waals surface area contributed by atoms with Crippen molar-refractivity contribution in [3.63, 3.8) is 0 Å². The maximum atomic E-state index is 13.9. The van der Waals surface area contributed by atoms with Crippen LogP contribution in [0.15, 0.2) is 47.7 Å². The maximum Gasteiger partial charge on any atom is 0.292 e. The Morgan fingerprint density at radius 1 is 1.24 bits per heavy atom. The van der Waals surface area contributed by atoms with Gasteiger partial charge in [-0.05, 0) is 30.7 Å². The number of anilines is 2. The first kappa shape index (κ1) is 13.1. The topological polar surface area (TPSA) is 67.2 Å². The van der Waals surface area contributed by atoms with Crippen LogP contribution in [0.5, 0.6) is 0 Å². The molecule has 0 unspecified atom stereocenters. The Morgan fingerprint density at radius 2 is 2.05 bits per heavy atom. The van der Waals surface area contributed by atoms with E-state index in [1.165, 1.54) is 24.7 Å². The summed E-state index contributed by atoms with van der Waals surface area (Å²) in [7, 11) is 0. The Bertz CT molecular complexity index is 890. The first-order valence-corrected chi connectivity index (χ1v) is 6.28. The number of aromatic nitrogens is 2. The minimum Gasteiger partial charge on any atom is -0.425 e. The number of nitrogens with zero attached hydrogens (tertiary/aromatic N) is 2. The molecule has 2 aromatic heterocycles. The Hall–Kier alpha value is -2.89. The first-order chi connectivity index (χ1) is 10.1. The molecule has 0 saturated heterocycles. The van der Waals surface area contributed by atoms with Gasteiger partial charge >= 0.3 is 0 Å². The van der Waals surface area contributed by atoms with Crippen LogP contribution in [-0.2, 0) is 0 Å². The van der Waals surface area contributed by atoms with E-state index in [1.807, 2.05) is 0 Å². The van der Waals surface area contributed by atoms with Crippen molar-refractivity contribution in [3.05, 3.63) is 64.6 Å². The molecule has 0 amide bonds. The molecule has 6 heteroatoms. The summed E-state index contributed by atoms with van der Waals surface area (Å²) >= 11 is 0. The third-order valence-electron chi connectivity index (χ3n) is 3.19. The number of pyridine rings is 2. The fraction of sp³-hybridized carbons (Fsp3) is 0.0667. The second kappa shape index (κ2) is 4.90. The van der Waals surface area contributed by atoms with E-state index in [9.17, 15) is 14.4 Å². The van der Waals surface area contributed by atoms with Crippen LogP contribution in [0.25, 0.3) is 10.8 Å². The van der Waals surface area contributed by atoms with E-state index in [4.69, 9.17) is 0 Å². The van der Waals surface area contributed by atoms with Crippen molar-refractivity contribution >= 4 is 22.1 Å². The smallest absolute Gasteiger partial charge is 0.292 e. The summed E-state index contributed by atoms with van der Waals surface area (Å²) in [5.74, 6) is -0.424. The second-order valence-electron chi connectivity index (χ2n) is 4.73. The number of fused-ring (bicyclic) bond motifs is 1. The predicted molar refractivity (Wildman–Crippen MR) is 77.6 cm³/mol. The Balaban J connectivity index is 2.17. The van der Waals surface area contributed by atoms with Crippen LogP contribution >= 0.6 is 0 Å². The minimum absolute atomic E-state index is 0.239. The number of nitrogens with one attached hydrogen (secondary N) is 1. The second-order valence-corrected chi connectivity index (χ2v) is 4.73. The van der Waals surface area contributed by atoms with Crippen LogP contribution in [0.3, 0.4) is 0 Å². The van der Waals surface area contributed by atoms with Crippen molar-refractivity contribution in [2.45, 2.75) is 6.92 Å². The molecular formula is C15H12FN3O2. The molecule has 106 valence electrons. The van der Waals surface area contributed by atoms with Crippen LogP contribution < -0.4 is 10.9 Å². The quantitative estimate of drug-likeness (QED) is 0.710. The molecule has 0 atom stereocenters. The summed E-state index contributed by atoms with van der Waals surface area (Å²) in [6.45, 7) is 1.79. The highest BCUT2D eigenvalue weighted by Crippen LogP contribution is 2.24. The molecule has 0 radical (unpaired) electrons. The third-order valence-corrected chi connectivity index (χ3v) is 3.19. The Morgan fingerprint density at radius 3 is 2.81 bits per heavy atom. The van der Waals surface area contributed by atoms with Crippen LogP contribution in [0.2, 0.25) is 0 Å². The standard InChI is InChI=1S/C15H12FN3O2/c1-9-2-3-12(11(16)6-9)18-13-8-17-7-10-4-5-19(21)15(20)14(10)13/h2-8,18,21H,1H3. The van der Waals surface area contributed by atoms with E-state index in [1.54, 1.807) is 25.1 Å². The lowest BCUT2D eigenvalue weighted by atomic mass is 10.1. The highest BCUT2D eigenvalue weighted by Gasteiger charge is 2.10. The normalized spacial score (nSPS) is 10.8. The van der Waals surface area contributed by atoms with Gasteiger partial charge in [-0.25, -0.2) is 4.39 Å². The zero-order valence-electron chi connectivity index (χ0n) is 11.2. The van der Waals surface area contributed by atoms with Crippen molar-refractivity contribution in [2.75, 3.05) is 5.32 Å². The Kier molecular flexibility index (Phi) is 3.06. The lowest BCUT2D eigenvalue weighted by Gasteiger charge is -2.10. The molecule has 2 heterocycles. The zero-order chi connectivity index (χ0) is 15.0. The molecule has 0 aliphatic carbocycles. The van der Waals surface area contributed by atoms with Gasteiger partial charge in [-0.15, -0.1) is 0 Å². The first-order valence-electron chi connectivity index (χ1n) is 6.28. The highest BCUT2D eigenvalue weighted by atomic mass is 19.1. The van der Waals surface area contributed by atoms with Crippen molar-refractivity contribution in [1.82, 2.24) is 9.71 Å². The molecule has 5 nitrogen and oxygen atoms in total. The van der Waals surface area contributed by atoms with Crippen LogP contribution in [-0.4, -0.2) is 14.9 Å². The van der Waals surface area contributed by atoms with Crippen molar-refractivity contribution < 1.29 is 9.60 Å². The number of aryl methyl sites for hydroxylation is 1. The van der Waals surface area contributed by atoms with E-state index in [2.05, 4.69) is 10.3 Å². The monoisotopic (exact) mass is 285 g/mol. The molecule has 21 heavy (non-hydrogen) atoms. The third kappa shape index (κ3) is 2.31. The lowest BCUT2D eigenvalue weighted by Crippen LogP contribution is -2.17. The SMILES string of the molecule is Cc1ccc(Nc2cncc3ccn(O)c(=O)c23)c(F)c1. The largest absolute Gasteiger partial charge is 0.425 e. The summed E-state index contributed by atoms with van der Waals surface area (Å²) in [4.78, 5) is 16.0. The van der Waals surface area contributed by atoms with E-state index in [0.29, 0.717) is 15.8 Å². The number of halogens is 1. The van der Waals surface area contributed by atoms with Gasteiger partial charge in [-0.2, -0.15) is 4.73 Å². The molecule has 0 saturated carbocycles. The number of hydrogen-bond donors (Lipinski definition) is 2. The van der Waals surface area contributed by atoms with Gasteiger partial charge in [0.2, 0.25) is 0 Å².